The van der Waals surface area contributed by atoms with Crippen molar-refractivity contribution in [3.05, 3.63) is 48.5 Å². The molecule has 1 amide bonds. The zero-order chi connectivity index (χ0) is 23.6. The summed E-state index contributed by atoms with van der Waals surface area (Å²) >= 11 is 0. The van der Waals surface area contributed by atoms with E-state index in [2.05, 4.69) is 29.6 Å². The van der Waals surface area contributed by atoms with E-state index in [9.17, 15) is 4.79 Å². The standard InChI is InChI=1S/C23H34BN3O4Si/c1-22(2)23(3,4)31-24(30-22)18-15-25-20(26-16-18)21(28)27(19-11-9-8-10-12-19)17-29-13-14-32(5,6)7/h8-12,15-16H,13-14,17H2,1-7H3. The van der Waals surface area contributed by atoms with Gasteiger partial charge in [-0.15, -0.1) is 0 Å². The molecular formula is C23H34BN3O4Si. The molecule has 0 N–H and O–H groups in total. The third kappa shape index (κ3) is 5.83. The fourth-order valence-electron chi connectivity index (χ4n) is 3.06. The van der Waals surface area contributed by atoms with Crippen LogP contribution in [0.2, 0.25) is 25.7 Å². The van der Waals surface area contributed by atoms with Crippen molar-refractivity contribution in [2.45, 2.75) is 64.6 Å². The van der Waals surface area contributed by atoms with Gasteiger partial charge in [0.05, 0.1) is 11.2 Å². The number of carbonyl (C=O) groups is 1. The van der Waals surface area contributed by atoms with Crippen LogP contribution in [-0.2, 0) is 14.0 Å². The van der Waals surface area contributed by atoms with Crippen LogP contribution in [-0.4, -0.2) is 55.6 Å². The first-order valence-corrected chi connectivity index (χ1v) is 14.7. The summed E-state index contributed by atoms with van der Waals surface area (Å²) in [7, 11) is -1.79. The lowest BCUT2D eigenvalue weighted by molar-refractivity contribution is 0.00578. The number of amides is 1. The quantitative estimate of drug-likeness (QED) is 0.343. The normalized spacial score (nSPS) is 17.4. The maximum Gasteiger partial charge on any atom is 0.498 e. The first kappa shape index (κ1) is 24.6. The van der Waals surface area contributed by atoms with Crippen molar-refractivity contribution < 1.29 is 18.8 Å². The van der Waals surface area contributed by atoms with E-state index in [0.29, 0.717) is 12.1 Å². The summed E-state index contributed by atoms with van der Waals surface area (Å²) in [6.07, 6.45) is 3.19. The van der Waals surface area contributed by atoms with E-state index in [-0.39, 0.29) is 18.5 Å². The molecule has 0 aliphatic carbocycles. The molecule has 2 aromatic rings. The van der Waals surface area contributed by atoms with E-state index < -0.39 is 26.4 Å². The van der Waals surface area contributed by atoms with Gasteiger partial charge < -0.3 is 14.0 Å². The molecule has 32 heavy (non-hydrogen) atoms. The zero-order valence-electron chi connectivity index (χ0n) is 20.2. The number of anilines is 1. The molecule has 1 aliphatic heterocycles. The largest absolute Gasteiger partial charge is 0.498 e. The molecule has 0 radical (unpaired) electrons. The van der Waals surface area contributed by atoms with E-state index in [1.807, 2.05) is 58.0 Å². The van der Waals surface area contributed by atoms with Crippen molar-refractivity contribution in [1.29, 1.82) is 0 Å². The molecule has 1 aliphatic rings. The molecule has 1 saturated heterocycles. The molecule has 1 aromatic heterocycles. The molecule has 9 heteroatoms. The van der Waals surface area contributed by atoms with Crippen molar-refractivity contribution >= 4 is 32.2 Å². The van der Waals surface area contributed by atoms with Gasteiger partial charge in [-0.1, -0.05) is 37.8 Å². The Balaban J connectivity index is 1.73. The van der Waals surface area contributed by atoms with Crippen LogP contribution in [0.25, 0.3) is 0 Å². The topological polar surface area (TPSA) is 73.8 Å². The van der Waals surface area contributed by atoms with E-state index >= 15 is 0 Å². The van der Waals surface area contributed by atoms with E-state index in [1.165, 1.54) is 0 Å². The van der Waals surface area contributed by atoms with Crippen molar-refractivity contribution in [1.82, 2.24) is 9.97 Å². The number of para-hydroxylation sites is 1. The van der Waals surface area contributed by atoms with Crippen molar-refractivity contribution in [3.63, 3.8) is 0 Å². The fourth-order valence-corrected chi connectivity index (χ4v) is 3.82. The Bertz CT molecular complexity index is 901. The SMILES string of the molecule is CC1(C)OB(c2cnc(C(=O)N(COCC[Si](C)(C)C)c3ccccc3)nc2)OC1(C)C. The summed E-state index contributed by atoms with van der Waals surface area (Å²) < 4.78 is 18.0. The van der Waals surface area contributed by atoms with E-state index in [0.717, 1.165) is 11.7 Å². The first-order chi connectivity index (χ1) is 14.9. The second-order valence-corrected chi connectivity index (χ2v) is 16.0. The highest BCUT2D eigenvalue weighted by Gasteiger charge is 2.52. The smallest absolute Gasteiger partial charge is 0.399 e. The van der Waals surface area contributed by atoms with Gasteiger partial charge in [0.15, 0.2) is 0 Å². The number of carbonyl (C=O) groups excluding carboxylic acids is 1. The average Bonchev–Trinajstić information content (AvgIpc) is 2.95. The Morgan fingerprint density at radius 2 is 1.59 bits per heavy atom. The van der Waals surface area contributed by atoms with Gasteiger partial charge >= 0.3 is 7.12 Å². The molecular weight excluding hydrogens is 421 g/mol. The summed E-state index contributed by atoms with van der Waals surface area (Å²) in [6.45, 7) is 15.6. The lowest BCUT2D eigenvalue weighted by Gasteiger charge is -2.32. The van der Waals surface area contributed by atoms with Gasteiger partial charge in [-0.3, -0.25) is 9.69 Å². The highest BCUT2D eigenvalue weighted by molar-refractivity contribution is 6.76. The van der Waals surface area contributed by atoms with Gasteiger partial charge in [0.2, 0.25) is 5.82 Å². The number of ether oxygens (including phenoxy) is 1. The lowest BCUT2D eigenvalue weighted by Crippen LogP contribution is -2.41. The third-order valence-corrected chi connectivity index (χ3v) is 7.62. The Morgan fingerprint density at radius 3 is 2.12 bits per heavy atom. The van der Waals surface area contributed by atoms with Gasteiger partial charge in [-0.25, -0.2) is 9.97 Å². The number of hydrogen-bond donors (Lipinski definition) is 0. The predicted molar refractivity (Wildman–Crippen MR) is 130 cm³/mol. The number of rotatable bonds is 8. The number of nitrogens with zero attached hydrogens (tertiary/aromatic N) is 3. The molecule has 1 aromatic carbocycles. The second-order valence-electron chi connectivity index (χ2n) is 10.3. The molecule has 3 rings (SSSR count). The summed E-state index contributed by atoms with van der Waals surface area (Å²) in [5.41, 5.74) is 0.509. The Hall–Kier alpha value is -2.07. The van der Waals surface area contributed by atoms with E-state index in [1.54, 1.807) is 17.3 Å². The van der Waals surface area contributed by atoms with Crippen LogP contribution in [0.1, 0.15) is 38.3 Å². The van der Waals surface area contributed by atoms with E-state index in [4.69, 9.17) is 14.0 Å². The fraction of sp³-hybridized carbons (Fsp3) is 0.522. The molecule has 0 bridgehead atoms. The molecule has 0 saturated carbocycles. The minimum Gasteiger partial charge on any atom is -0.399 e. The second kappa shape index (κ2) is 9.43. The van der Waals surface area contributed by atoms with Crippen molar-refractivity contribution in [3.8, 4) is 0 Å². The highest BCUT2D eigenvalue weighted by Crippen LogP contribution is 2.36. The van der Waals surface area contributed by atoms with Crippen LogP contribution in [0, 0.1) is 0 Å². The van der Waals surface area contributed by atoms with Gasteiger partial charge in [0, 0.05) is 38.2 Å². The Morgan fingerprint density at radius 1 is 1.03 bits per heavy atom. The number of aromatic nitrogens is 2. The Kier molecular flexibility index (Phi) is 7.24. The van der Waals surface area contributed by atoms with Crippen molar-refractivity contribution in [2.75, 3.05) is 18.2 Å². The molecule has 0 spiro atoms. The van der Waals surface area contributed by atoms with Crippen LogP contribution in [0.3, 0.4) is 0 Å². The monoisotopic (exact) mass is 455 g/mol. The molecule has 0 unspecified atom stereocenters. The third-order valence-electron chi connectivity index (χ3n) is 5.92. The summed E-state index contributed by atoms with van der Waals surface area (Å²) in [6, 6.07) is 10.5. The summed E-state index contributed by atoms with van der Waals surface area (Å²) in [5, 5.41) is 0. The van der Waals surface area contributed by atoms with Gasteiger partial charge in [-0.2, -0.15) is 0 Å². The van der Waals surface area contributed by atoms with Gasteiger partial charge in [0.25, 0.3) is 5.91 Å². The molecule has 7 nitrogen and oxygen atoms in total. The molecule has 1 fully saturated rings. The predicted octanol–water partition coefficient (Wildman–Crippen LogP) is 3.73. The molecule has 2 heterocycles. The minimum absolute atomic E-state index is 0.0999. The minimum atomic E-state index is -1.22. The maximum absolute atomic E-state index is 13.2. The maximum atomic E-state index is 13.2. The average molecular weight is 455 g/mol. The van der Waals surface area contributed by atoms with Crippen LogP contribution in [0.15, 0.2) is 42.7 Å². The van der Waals surface area contributed by atoms with Crippen LogP contribution < -0.4 is 10.4 Å². The van der Waals surface area contributed by atoms with Crippen LogP contribution in [0.4, 0.5) is 5.69 Å². The first-order valence-electron chi connectivity index (χ1n) is 11.0. The van der Waals surface area contributed by atoms with Crippen molar-refractivity contribution in [2.24, 2.45) is 0 Å². The summed E-state index contributed by atoms with van der Waals surface area (Å²) in [4.78, 5) is 23.4. The van der Waals surface area contributed by atoms with Gasteiger partial charge in [-0.05, 0) is 45.9 Å². The van der Waals surface area contributed by atoms with Crippen LogP contribution >= 0.6 is 0 Å². The molecule has 0 atom stereocenters. The summed E-state index contributed by atoms with van der Waals surface area (Å²) in [5.74, 6) is -0.215. The number of benzene rings is 1. The Labute approximate surface area is 192 Å². The molecule has 172 valence electrons. The van der Waals surface area contributed by atoms with Gasteiger partial charge in [0.1, 0.15) is 6.73 Å². The number of hydrogen-bond acceptors (Lipinski definition) is 6. The lowest BCUT2D eigenvalue weighted by atomic mass is 9.81. The highest BCUT2D eigenvalue weighted by atomic mass is 28.3. The zero-order valence-corrected chi connectivity index (χ0v) is 21.2. The van der Waals surface area contributed by atoms with Crippen LogP contribution in [0.5, 0.6) is 0 Å².